The zero-order valence-corrected chi connectivity index (χ0v) is 21.9. The lowest BCUT2D eigenvalue weighted by molar-refractivity contribution is 0.104. The van der Waals surface area contributed by atoms with E-state index in [1.54, 1.807) is 25.4 Å². The summed E-state index contributed by atoms with van der Waals surface area (Å²) in [5.41, 5.74) is 17.3. The molecule has 5 N–H and O–H groups in total. The first-order valence-electron chi connectivity index (χ1n) is 12.7. The van der Waals surface area contributed by atoms with Gasteiger partial charge in [0.25, 0.3) is 0 Å². The fourth-order valence-corrected chi connectivity index (χ4v) is 5.04. The third-order valence-electron chi connectivity index (χ3n) is 6.91. The summed E-state index contributed by atoms with van der Waals surface area (Å²) >= 11 is 0. The topological polar surface area (TPSA) is 125 Å². The summed E-state index contributed by atoms with van der Waals surface area (Å²) in [5, 5.41) is 3.71. The largest absolute Gasteiger partial charge is 0.493 e. The van der Waals surface area contributed by atoms with Crippen molar-refractivity contribution in [1.82, 2.24) is 15.3 Å². The van der Waals surface area contributed by atoms with Crippen molar-refractivity contribution in [3.63, 3.8) is 0 Å². The van der Waals surface area contributed by atoms with Crippen LogP contribution in [0.5, 0.6) is 11.5 Å². The van der Waals surface area contributed by atoms with Crippen molar-refractivity contribution in [3.05, 3.63) is 118 Å². The number of aromatic nitrogens is 2. The molecule has 0 saturated heterocycles. The number of allylic oxidation sites excluding steroid dienone is 1. The molecule has 2 atom stereocenters. The van der Waals surface area contributed by atoms with Gasteiger partial charge in [-0.2, -0.15) is 4.98 Å². The first-order valence-corrected chi connectivity index (χ1v) is 12.7. The Morgan fingerprint density at radius 3 is 2.56 bits per heavy atom. The molecule has 39 heavy (non-hydrogen) atoms. The number of nitrogens with zero attached hydrogens (tertiary/aromatic N) is 2. The molecular weight excluding hydrogens is 490 g/mol. The summed E-state index contributed by atoms with van der Waals surface area (Å²) in [6, 6.07) is 22.4. The van der Waals surface area contributed by atoms with Crippen LogP contribution in [0.3, 0.4) is 0 Å². The van der Waals surface area contributed by atoms with Crippen molar-refractivity contribution < 1.29 is 14.3 Å². The Hall–Kier alpha value is -4.69. The van der Waals surface area contributed by atoms with Crippen LogP contribution in [-0.2, 0) is 12.8 Å². The van der Waals surface area contributed by atoms with E-state index < -0.39 is 0 Å². The number of nitrogens with one attached hydrogen (secondary N) is 1. The number of fused-ring (bicyclic) bond motifs is 1. The molecule has 1 aliphatic heterocycles. The molecule has 1 aliphatic rings. The predicted octanol–water partition coefficient (Wildman–Crippen LogP) is 4.29. The standard InChI is InChI=1S/C31H31N5O3/c1-38-27-16-19(14-22-18-34-31(33)36-30(22)32)15-25(29(27)39-2)26(37)13-12-23-17-21-10-6-7-11-24(21)28(35-23)20-8-4-3-5-9-20/h3-13,15-16,18,23,28,35H,14,17H2,1-2H3,(H4,32,33,34,36). The molecule has 4 aromatic rings. The molecule has 0 bridgehead atoms. The van der Waals surface area contributed by atoms with Crippen molar-refractivity contribution in [2.75, 3.05) is 25.7 Å². The van der Waals surface area contributed by atoms with Crippen LogP contribution in [0.15, 0.2) is 85.1 Å². The van der Waals surface area contributed by atoms with Gasteiger partial charge in [-0.25, -0.2) is 4.98 Å². The molecule has 0 aliphatic carbocycles. The summed E-state index contributed by atoms with van der Waals surface area (Å²) < 4.78 is 11.1. The molecule has 1 aromatic heterocycles. The van der Waals surface area contributed by atoms with Crippen LogP contribution < -0.4 is 26.3 Å². The molecular formula is C31H31N5O3. The molecule has 0 spiro atoms. The quantitative estimate of drug-likeness (QED) is 0.232. The Morgan fingerprint density at radius 1 is 1.05 bits per heavy atom. The first kappa shape index (κ1) is 25.9. The van der Waals surface area contributed by atoms with Crippen molar-refractivity contribution >= 4 is 17.5 Å². The van der Waals surface area contributed by atoms with Gasteiger partial charge in [0.2, 0.25) is 5.95 Å². The molecule has 2 unspecified atom stereocenters. The van der Waals surface area contributed by atoms with E-state index in [1.165, 1.54) is 23.8 Å². The fourth-order valence-electron chi connectivity index (χ4n) is 5.04. The van der Waals surface area contributed by atoms with E-state index in [2.05, 4.69) is 51.7 Å². The van der Waals surface area contributed by atoms with E-state index >= 15 is 0 Å². The predicted molar refractivity (Wildman–Crippen MR) is 152 cm³/mol. The van der Waals surface area contributed by atoms with E-state index in [0.717, 1.165) is 12.0 Å². The Bertz CT molecular complexity index is 1520. The highest BCUT2D eigenvalue weighted by Crippen LogP contribution is 2.35. The van der Waals surface area contributed by atoms with E-state index in [9.17, 15) is 4.79 Å². The number of nitrogen functional groups attached to an aromatic ring is 2. The zero-order valence-electron chi connectivity index (χ0n) is 21.9. The molecule has 8 heteroatoms. The van der Waals surface area contributed by atoms with Crippen molar-refractivity contribution in [3.8, 4) is 11.5 Å². The summed E-state index contributed by atoms with van der Waals surface area (Å²) in [5.74, 6) is 1.04. The van der Waals surface area contributed by atoms with Crippen LogP contribution in [0.4, 0.5) is 11.8 Å². The van der Waals surface area contributed by atoms with E-state index in [1.807, 2.05) is 30.3 Å². The number of methoxy groups -OCH3 is 2. The second-order valence-electron chi connectivity index (χ2n) is 9.44. The van der Waals surface area contributed by atoms with Crippen LogP contribution in [0.2, 0.25) is 0 Å². The smallest absolute Gasteiger partial charge is 0.221 e. The summed E-state index contributed by atoms with van der Waals surface area (Å²) in [7, 11) is 3.06. The molecule has 0 saturated carbocycles. The molecule has 0 amide bonds. The number of hydrogen-bond donors (Lipinski definition) is 3. The van der Waals surface area contributed by atoms with E-state index in [-0.39, 0.29) is 23.8 Å². The number of anilines is 2. The van der Waals surface area contributed by atoms with Gasteiger partial charge < -0.3 is 20.9 Å². The van der Waals surface area contributed by atoms with Crippen LogP contribution in [0.1, 0.15) is 44.2 Å². The summed E-state index contributed by atoms with van der Waals surface area (Å²) in [6.07, 6.45) is 6.30. The van der Waals surface area contributed by atoms with Crippen LogP contribution >= 0.6 is 0 Å². The number of benzene rings is 3. The van der Waals surface area contributed by atoms with Crippen molar-refractivity contribution in [2.24, 2.45) is 0 Å². The van der Waals surface area contributed by atoms with Crippen LogP contribution in [-0.4, -0.2) is 36.0 Å². The van der Waals surface area contributed by atoms with Gasteiger partial charge in [0.15, 0.2) is 17.3 Å². The minimum absolute atomic E-state index is 0.0307. The van der Waals surface area contributed by atoms with Crippen molar-refractivity contribution in [1.29, 1.82) is 0 Å². The highest BCUT2D eigenvalue weighted by molar-refractivity contribution is 6.07. The second kappa shape index (κ2) is 11.4. The minimum Gasteiger partial charge on any atom is -0.493 e. The first-order chi connectivity index (χ1) is 19.0. The summed E-state index contributed by atoms with van der Waals surface area (Å²) in [6.45, 7) is 0. The average molecular weight is 522 g/mol. The number of ketones is 1. The zero-order chi connectivity index (χ0) is 27.4. The fraction of sp³-hybridized carbons (Fsp3) is 0.194. The van der Waals surface area contributed by atoms with Gasteiger partial charge in [0.05, 0.1) is 25.8 Å². The normalized spacial score (nSPS) is 16.6. The second-order valence-corrected chi connectivity index (χ2v) is 9.44. The number of nitrogens with two attached hydrogens (primary N) is 2. The number of carbonyl (C=O) groups is 1. The number of ether oxygens (including phenoxy) is 2. The van der Waals surface area contributed by atoms with Crippen molar-refractivity contribution in [2.45, 2.75) is 24.9 Å². The van der Waals surface area contributed by atoms with Gasteiger partial charge in [-0.1, -0.05) is 60.7 Å². The highest BCUT2D eigenvalue weighted by Gasteiger charge is 2.26. The Balaban J connectivity index is 1.43. The molecule has 2 heterocycles. The maximum absolute atomic E-state index is 13.5. The third kappa shape index (κ3) is 5.61. The molecule has 0 radical (unpaired) electrons. The highest BCUT2D eigenvalue weighted by atomic mass is 16.5. The Morgan fingerprint density at radius 2 is 1.82 bits per heavy atom. The van der Waals surface area contributed by atoms with Gasteiger partial charge in [-0.15, -0.1) is 0 Å². The SMILES string of the molecule is COc1cc(Cc2cnc(N)nc2N)cc(C(=O)C=CC2Cc3ccccc3C(c3ccccc3)N2)c1OC. The van der Waals surface area contributed by atoms with Gasteiger partial charge in [-0.05, 0) is 46.9 Å². The van der Waals surface area contributed by atoms with Crippen LogP contribution in [0.25, 0.3) is 0 Å². The third-order valence-corrected chi connectivity index (χ3v) is 6.91. The average Bonchev–Trinajstić information content (AvgIpc) is 2.96. The monoisotopic (exact) mass is 521 g/mol. The Kier molecular flexibility index (Phi) is 7.56. The minimum atomic E-state index is -0.189. The van der Waals surface area contributed by atoms with Gasteiger partial charge in [0, 0.05) is 24.2 Å². The number of carbonyl (C=O) groups excluding carboxylic acids is 1. The van der Waals surface area contributed by atoms with E-state index in [4.69, 9.17) is 20.9 Å². The molecule has 3 aromatic carbocycles. The maximum Gasteiger partial charge on any atom is 0.221 e. The maximum atomic E-state index is 13.5. The van der Waals surface area contributed by atoms with Crippen LogP contribution in [0, 0.1) is 0 Å². The molecule has 0 fully saturated rings. The Labute approximate surface area is 227 Å². The lowest BCUT2D eigenvalue weighted by atomic mass is 9.86. The van der Waals surface area contributed by atoms with E-state index in [0.29, 0.717) is 34.9 Å². The number of hydrogen-bond acceptors (Lipinski definition) is 8. The molecule has 198 valence electrons. The summed E-state index contributed by atoms with van der Waals surface area (Å²) in [4.78, 5) is 21.6. The lowest BCUT2D eigenvalue weighted by Crippen LogP contribution is -2.38. The number of rotatable bonds is 8. The lowest BCUT2D eigenvalue weighted by Gasteiger charge is -2.32. The molecule has 5 rings (SSSR count). The molecule has 8 nitrogen and oxygen atoms in total. The van der Waals surface area contributed by atoms with Gasteiger partial charge in [-0.3, -0.25) is 10.1 Å². The van der Waals surface area contributed by atoms with Gasteiger partial charge >= 0.3 is 0 Å². The van der Waals surface area contributed by atoms with Gasteiger partial charge in [0.1, 0.15) is 5.82 Å².